The summed E-state index contributed by atoms with van der Waals surface area (Å²) in [5.74, 6) is -0.252. The topological polar surface area (TPSA) is 25.8 Å². The van der Waals surface area contributed by atoms with Crippen molar-refractivity contribution in [3.8, 4) is 11.3 Å². The van der Waals surface area contributed by atoms with Crippen molar-refractivity contribution < 1.29 is 4.39 Å². The fourth-order valence-electron chi connectivity index (χ4n) is 2.02. The molecular formula is C15H10ClFN2. The summed E-state index contributed by atoms with van der Waals surface area (Å²) in [6.45, 7) is 1.73. The summed E-state index contributed by atoms with van der Waals surface area (Å²) < 4.78 is 13.7. The second-order valence-electron chi connectivity index (χ2n) is 4.35. The zero-order chi connectivity index (χ0) is 13.4. The van der Waals surface area contributed by atoms with E-state index in [1.165, 1.54) is 6.07 Å². The summed E-state index contributed by atoms with van der Waals surface area (Å²) in [4.78, 5) is 0. The molecule has 3 aromatic rings. The molecule has 0 saturated carbocycles. The molecule has 0 radical (unpaired) electrons. The van der Waals surface area contributed by atoms with Crippen molar-refractivity contribution in [2.24, 2.45) is 0 Å². The molecule has 0 spiro atoms. The van der Waals surface area contributed by atoms with E-state index in [-0.39, 0.29) is 5.82 Å². The fraction of sp³-hybridized carbons (Fsp3) is 0.0667. The first-order valence-electron chi connectivity index (χ1n) is 5.84. The zero-order valence-corrected chi connectivity index (χ0v) is 10.9. The van der Waals surface area contributed by atoms with Gasteiger partial charge in [-0.1, -0.05) is 48.0 Å². The minimum absolute atomic E-state index is 0.252. The molecule has 2 nitrogen and oxygen atoms in total. The summed E-state index contributed by atoms with van der Waals surface area (Å²) in [5, 5.41) is 10.1. The summed E-state index contributed by atoms with van der Waals surface area (Å²) in [7, 11) is 0. The van der Waals surface area contributed by atoms with Crippen molar-refractivity contribution in [2.45, 2.75) is 6.92 Å². The number of hydrogen-bond donors (Lipinski definition) is 0. The van der Waals surface area contributed by atoms with Gasteiger partial charge in [0, 0.05) is 16.3 Å². The number of benzene rings is 2. The van der Waals surface area contributed by atoms with Crippen LogP contribution in [0.1, 0.15) is 5.56 Å². The molecule has 3 rings (SSSR count). The van der Waals surface area contributed by atoms with Crippen LogP contribution in [0.4, 0.5) is 4.39 Å². The number of hydrogen-bond acceptors (Lipinski definition) is 2. The van der Waals surface area contributed by atoms with E-state index in [2.05, 4.69) is 10.2 Å². The second kappa shape index (κ2) is 4.59. The minimum Gasteiger partial charge on any atom is -0.207 e. The molecule has 2 aromatic carbocycles. The van der Waals surface area contributed by atoms with Crippen LogP contribution < -0.4 is 0 Å². The number of fused-ring (bicyclic) bond motifs is 1. The Balaban J connectivity index is 2.31. The van der Waals surface area contributed by atoms with Crippen molar-refractivity contribution in [3.05, 3.63) is 59.0 Å². The van der Waals surface area contributed by atoms with E-state index in [1.54, 1.807) is 13.0 Å². The highest BCUT2D eigenvalue weighted by atomic mass is 35.5. The molecule has 1 heterocycles. The summed E-state index contributed by atoms with van der Waals surface area (Å²) in [5.41, 5.74) is 1.94. The Morgan fingerprint density at radius 2 is 1.74 bits per heavy atom. The van der Waals surface area contributed by atoms with Crippen LogP contribution in [0.2, 0.25) is 5.15 Å². The van der Waals surface area contributed by atoms with Crippen molar-refractivity contribution in [1.82, 2.24) is 10.2 Å². The van der Waals surface area contributed by atoms with Gasteiger partial charge in [-0.3, -0.25) is 0 Å². The third kappa shape index (κ3) is 2.06. The molecule has 0 N–H and O–H groups in total. The maximum atomic E-state index is 13.7. The maximum Gasteiger partial charge on any atom is 0.159 e. The molecule has 0 atom stereocenters. The highest BCUT2D eigenvalue weighted by molar-refractivity contribution is 6.34. The maximum absolute atomic E-state index is 13.7. The number of aryl methyl sites for hydroxylation is 1. The molecule has 4 heteroatoms. The highest BCUT2D eigenvalue weighted by Gasteiger charge is 2.10. The molecule has 94 valence electrons. The van der Waals surface area contributed by atoms with E-state index in [1.807, 2.05) is 30.3 Å². The van der Waals surface area contributed by atoms with Crippen molar-refractivity contribution in [1.29, 1.82) is 0 Å². The molecule has 0 bridgehead atoms. The number of aromatic nitrogens is 2. The first-order chi connectivity index (χ1) is 9.16. The Labute approximate surface area is 114 Å². The quantitative estimate of drug-likeness (QED) is 0.656. The van der Waals surface area contributed by atoms with Gasteiger partial charge < -0.3 is 0 Å². The molecule has 0 unspecified atom stereocenters. The van der Waals surface area contributed by atoms with Crippen LogP contribution in [0.25, 0.3) is 22.0 Å². The molecule has 0 aliphatic rings. The molecule has 0 aliphatic heterocycles. The van der Waals surface area contributed by atoms with E-state index in [9.17, 15) is 4.39 Å². The van der Waals surface area contributed by atoms with E-state index >= 15 is 0 Å². The molecule has 0 fully saturated rings. The summed E-state index contributed by atoms with van der Waals surface area (Å²) >= 11 is 6.03. The van der Waals surface area contributed by atoms with Crippen molar-refractivity contribution in [3.63, 3.8) is 0 Å². The predicted molar refractivity (Wildman–Crippen MR) is 74.7 cm³/mol. The summed E-state index contributed by atoms with van der Waals surface area (Å²) in [6.07, 6.45) is 0. The monoisotopic (exact) mass is 272 g/mol. The van der Waals surface area contributed by atoms with Gasteiger partial charge in [-0.25, -0.2) is 4.39 Å². The van der Waals surface area contributed by atoms with Gasteiger partial charge in [-0.15, -0.1) is 10.2 Å². The Bertz CT molecular complexity index is 771. The van der Waals surface area contributed by atoms with Gasteiger partial charge in [-0.05, 0) is 18.6 Å². The highest BCUT2D eigenvalue weighted by Crippen LogP contribution is 2.30. The third-order valence-corrected chi connectivity index (χ3v) is 3.37. The van der Waals surface area contributed by atoms with E-state index in [4.69, 9.17) is 11.6 Å². The van der Waals surface area contributed by atoms with E-state index in [0.29, 0.717) is 22.0 Å². The van der Waals surface area contributed by atoms with Crippen LogP contribution in [0, 0.1) is 12.7 Å². The molecule has 0 aliphatic carbocycles. The number of halogens is 2. The first kappa shape index (κ1) is 12.1. The molecule has 19 heavy (non-hydrogen) atoms. The second-order valence-corrected chi connectivity index (χ2v) is 4.71. The van der Waals surface area contributed by atoms with Crippen molar-refractivity contribution in [2.75, 3.05) is 0 Å². The predicted octanol–water partition coefficient (Wildman–Crippen LogP) is 4.40. The Kier molecular flexibility index (Phi) is 2.91. The SMILES string of the molecule is Cc1ccc(-c2nnc(Cl)c3ccccc23)cc1F. The Morgan fingerprint density at radius 1 is 1.00 bits per heavy atom. The van der Waals surface area contributed by atoms with Gasteiger partial charge in [0.05, 0.1) is 0 Å². The lowest BCUT2D eigenvalue weighted by Crippen LogP contribution is -1.92. The lowest BCUT2D eigenvalue weighted by molar-refractivity contribution is 0.619. The zero-order valence-electron chi connectivity index (χ0n) is 10.2. The standard InChI is InChI=1S/C15H10ClFN2/c1-9-6-7-10(8-13(9)17)14-11-4-2-3-5-12(11)15(16)19-18-14/h2-8H,1H3. The fourth-order valence-corrected chi connectivity index (χ4v) is 2.23. The van der Waals surface area contributed by atoms with Crippen LogP contribution in [-0.2, 0) is 0 Å². The molecule has 0 saturated heterocycles. The van der Waals surface area contributed by atoms with Crippen LogP contribution in [0.5, 0.6) is 0 Å². The van der Waals surface area contributed by atoms with Crippen LogP contribution >= 0.6 is 11.6 Å². The van der Waals surface area contributed by atoms with E-state index in [0.717, 1.165) is 10.8 Å². The third-order valence-electron chi connectivity index (χ3n) is 3.09. The average molecular weight is 273 g/mol. The average Bonchev–Trinajstić information content (AvgIpc) is 2.43. The number of rotatable bonds is 1. The lowest BCUT2D eigenvalue weighted by atomic mass is 10.0. The number of nitrogens with zero attached hydrogens (tertiary/aromatic N) is 2. The van der Waals surface area contributed by atoms with Gasteiger partial charge in [0.25, 0.3) is 0 Å². The van der Waals surface area contributed by atoms with Gasteiger partial charge in [-0.2, -0.15) is 0 Å². The molecular weight excluding hydrogens is 263 g/mol. The smallest absolute Gasteiger partial charge is 0.159 e. The van der Waals surface area contributed by atoms with Crippen LogP contribution in [0.15, 0.2) is 42.5 Å². The summed E-state index contributed by atoms with van der Waals surface area (Å²) in [6, 6.07) is 12.6. The van der Waals surface area contributed by atoms with Crippen molar-refractivity contribution >= 4 is 22.4 Å². The Morgan fingerprint density at radius 3 is 2.47 bits per heavy atom. The minimum atomic E-state index is -0.252. The molecule has 0 amide bonds. The molecule has 1 aromatic heterocycles. The van der Waals surface area contributed by atoms with Crippen LogP contribution in [-0.4, -0.2) is 10.2 Å². The Hall–Kier alpha value is -2.00. The van der Waals surface area contributed by atoms with Gasteiger partial charge in [0.1, 0.15) is 11.5 Å². The first-order valence-corrected chi connectivity index (χ1v) is 6.22. The lowest BCUT2D eigenvalue weighted by Gasteiger charge is -2.07. The van der Waals surface area contributed by atoms with E-state index < -0.39 is 0 Å². The normalized spacial score (nSPS) is 10.9. The van der Waals surface area contributed by atoms with Gasteiger partial charge >= 0.3 is 0 Å². The van der Waals surface area contributed by atoms with Gasteiger partial charge in [0.2, 0.25) is 0 Å². The van der Waals surface area contributed by atoms with Crippen LogP contribution in [0.3, 0.4) is 0 Å². The largest absolute Gasteiger partial charge is 0.207 e. The van der Waals surface area contributed by atoms with Gasteiger partial charge in [0.15, 0.2) is 5.15 Å².